The first-order chi connectivity index (χ1) is 17.2. The van der Waals surface area contributed by atoms with Gasteiger partial charge < -0.3 is 20.1 Å². The number of aliphatic hydroxyl groups excluding tert-OH is 1. The van der Waals surface area contributed by atoms with Crippen molar-refractivity contribution < 1.29 is 14.6 Å². The number of anilines is 1. The van der Waals surface area contributed by atoms with Crippen LogP contribution >= 0.6 is 11.8 Å². The minimum Gasteiger partial charge on any atom is -0.396 e. The summed E-state index contributed by atoms with van der Waals surface area (Å²) in [7, 11) is 0. The summed E-state index contributed by atoms with van der Waals surface area (Å²) >= 11 is 1.77. The van der Waals surface area contributed by atoms with Gasteiger partial charge in [0.25, 0.3) is 0 Å². The zero-order chi connectivity index (χ0) is 24.3. The van der Waals surface area contributed by atoms with Gasteiger partial charge in [-0.05, 0) is 42.9 Å². The second kappa shape index (κ2) is 13.9. The smallest absolute Gasteiger partial charge is 0.321 e. The molecule has 2 aromatic rings. The fourth-order valence-electron chi connectivity index (χ4n) is 4.86. The Hall–Kier alpha value is -2.07. The van der Waals surface area contributed by atoms with E-state index in [1.807, 2.05) is 29.4 Å². The van der Waals surface area contributed by atoms with Gasteiger partial charge in [-0.15, -0.1) is 11.8 Å². The van der Waals surface area contributed by atoms with E-state index in [0.717, 1.165) is 66.9 Å². The van der Waals surface area contributed by atoms with Gasteiger partial charge in [-0.3, -0.25) is 10.00 Å². The first-order valence-electron chi connectivity index (χ1n) is 13.0. The molecule has 1 aromatic heterocycles. The third-order valence-electron chi connectivity index (χ3n) is 6.90. The lowest BCUT2D eigenvalue weighted by molar-refractivity contribution is 0.0410. The van der Waals surface area contributed by atoms with Crippen molar-refractivity contribution in [2.45, 2.75) is 43.4 Å². The van der Waals surface area contributed by atoms with Crippen LogP contribution in [-0.2, 0) is 4.74 Å². The maximum atomic E-state index is 13.4. The molecule has 1 aromatic carbocycles. The van der Waals surface area contributed by atoms with Gasteiger partial charge in [-0.2, -0.15) is 5.10 Å². The number of H-pyrrole nitrogens is 1. The summed E-state index contributed by atoms with van der Waals surface area (Å²) in [5, 5.41) is 19.5. The number of urea groups is 1. The molecular formula is C26H39N5O3S. The molecule has 2 heterocycles. The summed E-state index contributed by atoms with van der Waals surface area (Å²) in [4.78, 5) is 18.8. The number of benzene rings is 1. The van der Waals surface area contributed by atoms with Crippen molar-refractivity contribution in [3.63, 3.8) is 0 Å². The van der Waals surface area contributed by atoms with Gasteiger partial charge in [0, 0.05) is 61.7 Å². The molecule has 1 aliphatic heterocycles. The Labute approximate surface area is 212 Å². The van der Waals surface area contributed by atoms with Crippen LogP contribution in [0.5, 0.6) is 0 Å². The molecule has 1 saturated carbocycles. The van der Waals surface area contributed by atoms with E-state index in [1.54, 1.807) is 11.8 Å². The number of aromatic nitrogens is 2. The number of hydrogen-bond donors (Lipinski definition) is 3. The Morgan fingerprint density at radius 1 is 1.23 bits per heavy atom. The molecule has 0 unspecified atom stereocenters. The minimum atomic E-state index is -0.0740. The molecule has 0 atom stereocenters. The van der Waals surface area contributed by atoms with Gasteiger partial charge in [-0.25, -0.2) is 4.79 Å². The lowest BCUT2D eigenvalue weighted by Gasteiger charge is -2.30. The normalized spacial score (nSPS) is 17.4. The molecule has 8 nitrogen and oxygen atoms in total. The molecule has 3 N–H and O–H groups in total. The Kier molecular flexibility index (Phi) is 10.3. The Morgan fingerprint density at radius 2 is 2.06 bits per heavy atom. The average Bonchev–Trinajstić information content (AvgIpc) is 3.44. The third-order valence-corrected chi connectivity index (χ3v) is 7.94. The van der Waals surface area contributed by atoms with Crippen molar-refractivity contribution in [2.24, 2.45) is 5.92 Å². The monoisotopic (exact) mass is 501 g/mol. The number of aromatic amines is 1. The predicted octanol–water partition coefficient (Wildman–Crippen LogP) is 4.30. The fraction of sp³-hybridized carbons (Fsp3) is 0.615. The molecule has 4 rings (SSSR count). The number of aliphatic hydroxyl groups is 1. The molecule has 2 amide bonds. The quantitative estimate of drug-likeness (QED) is 0.398. The molecule has 1 aliphatic carbocycles. The number of nitrogens with zero attached hydrogens (tertiary/aromatic N) is 3. The van der Waals surface area contributed by atoms with Crippen LogP contribution in [-0.4, -0.2) is 89.4 Å². The summed E-state index contributed by atoms with van der Waals surface area (Å²) in [5.74, 6) is 1.49. The molecule has 192 valence electrons. The van der Waals surface area contributed by atoms with Gasteiger partial charge in [0.1, 0.15) is 0 Å². The Bertz CT molecular complexity index is 898. The molecule has 0 bridgehead atoms. The van der Waals surface area contributed by atoms with Crippen molar-refractivity contribution in [2.75, 3.05) is 63.6 Å². The highest BCUT2D eigenvalue weighted by atomic mass is 32.2. The summed E-state index contributed by atoms with van der Waals surface area (Å²) in [5.41, 5.74) is 2.94. The second-order valence-electron chi connectivity index (χ2n) is 9.46. The largest absolute Gasteiger partial charge is 0.396 e. The first-order valence-corrected chi connectivity index (χ1v) is 13.9. The lowest BCUT2D eigenvalue weighted by atomic mass is 9.89. The second-order valence-corrected chi connectivity index (χ2v) is 10.6. The number of carbonyl (C=O) groups excluding carboxylic acids is 1. The molecule has 9 heteroatoms. The molecule has 35 heavy (non-hydrogen) atoms. The highest BCUT2D eigenvalue weighted by Crippen LogP contribution is 2.33. The standard InChI is InChI=1S/C26H39N5O3S/c32-13-4-9-31(20-21-5-2-1-3-6-21)26(33)29-24-8-7-22(23-18-27-28-19-23)17-25(24)35-16-12-30-10-14-34-15-11-30/h7-8,17-19,21,32H,1-6,9-16,20H2,(H,27,28)(H,29,33). The van der Waals surface area contributed by atoms with E-state index < -0.39 is 0 Å². The van der Waals surface area contributed by atoms with E-state index in [9.17, 15) is 9.90 Å². The maximum Gasteiger partial charge on any atom is 0.321 e. The molecule has 2 aliphatic rings. The summed E-state index contributed by atoms with van der Waals surface area (Å²) in [6.45, 7) is 5.96. The Morgan fingerprint density at radius 3 is 2.80 bits per heavy atom. The number of morpholine rings is 1. The first kappa shape index (κ1) is 26.0. The van der Waals surface area contributed by atoms with E-state index in [0.29, 0.717) is 18.9 Å². The highest BCUT2D eigenvalue weighted by molar-refractivity contribution is 7.99. The van der Waals surface area contributed by atoms with Crippen molar-refractivity contribution in [3.8, 4) is 11.1 Å². The number of hydrogen-bond acceptors (Lipinski definition) is 6. The van der Waals surface area contributed by atoms with E-state index in [2.05, 4.69) is 26.5 Å². The van der Waals surface area contributed by atoms with Gasteiger partial charge in [0.15, 0.2) is 0 Å². The fourth-order valence-corrected chi connectivity index (χ4v) is 5.91. The maximum absolute atomic E-state index is 13.4. The van der Waals surface area contributed by atoms with E-state index in [1.165, 1.54) is 32.1 Å². The average molecular weight is 502 g/mol. The lowest BCUT2D eigenvalue weighted by Crippen LogP contribution is -2.40. The Balaban J connectivity index is 1.45. The van der Waals surface area contributed by atoms with Crippen LogP contribution in [0.4, 0.5) is 10.5 Å². The van der Waals surface area contributed by atoms with Crippen LogP contribution in [0.3, 0.4) is 0 Å². The zero-order valence-corrected chi connectivity index (χ0v) is 21.4. The van der Waals surface area contributed by atoms with Crippen LogP contribution < -0.4 is 5.32 Å². The summed E-state index contributed by atoms with van der Waals surface area (Å²) in [6, 6.07) is 6.10. The molecule has 1 saturated heterocycles. The number of thioether (sulfide) groups is 1. The third kappa shape index (κ3) is 7.96. The zero-order valence-electron chi connectivity index (χ0n) is 20.6. The van der Waals surface area contributed by atoms with Gasteiger partial charge in [0.2, 0.25) is 0 Å². The van der Waals surface area contributed by atoms with E-state index in [4.69, 9.17) is 4.74 Å². The van der Waals surface area contributed by atoms with Crippen LogP contribution in [0.2, 0.25) is 0 Å². The SMILES string of the molecule is O=C(Nc1ccc(-c2cn[nH]c2)cc1SCCN1CCOCC1)N(CCCO)CC1CCCCC1. The van der Waals surface area contributed by atoms with Crippen LogP contribution in [0, 0.1) is 5.92 Å². The molecule has 2 fully saturated rings. The van der Waals surface area contributed by atoms with Gasteiger partial charge in [0.05, 0.1) is 25.1 Å². The molecular weight excluding hydrogens is 462 g/mol. The van der Waals surface area contributed by atoms with Crippen molar-refractivity contribution in [3.05, 3.63) is 30.6 Å². The number of ether oxygens (including phenoxy) is 1. The predicted molar refractivity (Wildman–Crippen MR) is 141 cm³/mol. The molecule has 0 spiro atoms. The highest BCUT2D eigenvalue weighted by Gasteiger charge is 2.22. The van der Waals surface area contributed by atoms with E-state index >= 15 is 0 Å². The number of amides is 2. The minimum absolute atomic E-state index is 0.0740. The summed E-state index contributed by atoms with van der Waals surface area (Å²) < 4.78 is 5.46. The number of nitrogens with one attached hydrogen (secondary N) is 2. The van der Waals surface area contributed by atoms with Crippen molar-refractivity contribution in [1.29, 1.82) is 0 Å². The van der Waals surface area contributed by atoms with Crippen LogP contribution in [0.15, 0.2) is 35.5 Å². The van der Waals surface area contributed by atoms with Crippen molar-refractivity contribution >= 4 is 23.5 Å². The summed E-state index contributed by atoms with van der Waals surface area (Å²) in [6.07, 6.45) is 10.5. The number of rotatable bonds is 11. The van der Waals surface area contributed by atoms with Crippen LogP contribution in [0.25, 0.3) is 11.1 Å². The van der Waals surface area contributed by atoms with Gasteiger partial charge in [-0.1, -0.05) is 25.3 Å². The molecule has 0 radical (unpaired) electrons. The van der Waals surface area contributed by atoms with E-state index in [-0.39, 0.29) is 12.6 Å². The van der Waals surface area contributed by atoms with Gasteiger partial charge >= 0.3 is 6.03 Å². The topological polar surface area (TPSA) is 93.7 Å². The van der Waals surface area contributed by atoms with Crippen molar-refractivity contribution in [1.82, 2.24) is 20.0 Å². The number of carbonyl (C=O) groups is 1. The van der Waals surface area contributed by atoms with Crippen LogP contribution in [0.1, 0.15) is 38.5 Å².